The lowest BCUT2D eigenvalue weighted by Crippen LogP contribution is -2.17. The first kappa shape index (κ1) is 12.5. The summed E-state index contributed by atoms with van der Waals surface area (Å²) in [7, 11) is -2.85. The third-order valence-electron chi connectivity index (χ3n) is 2.96. The summed E-state index contributed by atoms with van der Waals surface area (Å²) in [6, 6.07) is 2.03. The van der Waals surface area contributed by atoms with Crippen LogP contribution in [0.1, 0.15) is 44.9 Å². The van der Waals surface area contributed by atoms with Crippen LogP contribution < -0.4 is 0 Å². The van der Waals surface area contributed by atoms with E-state index >= 15 is 0 Å². The highest BCUT2D eigenvalue weighted by molar-refractivity contribution is 7.91. The monoisotopic (exact) mass is 229 g/mol. The van der Waals surface area contributed by atoms with Gasteiger partial charge in [-0.3, -0.25) is 0 Å². The highest BCUT2D eigenvalue weighted by Crippen LogP contribution is 2.26. The van der Waals surface area contributed by atoms with Crippen molar-refractivity contribution < 1.29 is 8.42 Å². The largest absolute Gasteiger partial charge is 0.229 e. The summed E-state index contributed by atoms with van der Waals surface area (Å²) < 4.78 is 23.3. The van der Waals surface area contributed by atoms with Gasteiger partial charge in [-0.05, 0) is 31.6 Å². The van der Waals surface area contributed by atoms with Gasteiger partial charge in [-0.25, -0.2) is 8.42 Å². The Balaban J connectivity index is 2.22. The van der Waals surface area contributed by atoms with Crippen LogP contribution in [0.3, 0.4) is 0 Å². The van der Waals surface area contributed by atoms with E-state index in [2.05, 4.69) is 0 Å². The maximum Gasteiger partial charge on any atom is 0.150 e. The van der Waals surface area contributed by atoms with Crippen LogP contribution in [0.5, 0.6) is 0 Å². The molecule has 3 nitrogen and oxygen atoms in total. The summed E-state index contributed by atoms with van der Waals surface area (Å²) in [4.78, 5) is 0. The second kappa shape index (κ2) is 6.12. The molecule has 0 aromatic carbocycles. The molecule has 1 saturated carbocycles. The van der Waals surface area contributed by atoms with E-state index in [0.717, 1.165) is 12.8 Å². The molecule has 0 amide bonds. The number of hydrogen-bond donors (Lipinski definition) is 0. The van der Waals surface area contributed by atoms with Crippen LogP contribution in [0.25, 0.3) is 0 Å². The van der Waals surface area contributed by atoms with Gasteiger partial charge in [0.25, 0.3) is 0 Å². The van der Waals surface area contributed by atoms with Crippen molar-refractivity contribution in [3.63, 3.8) is 0 Å². The number of nitrogens with zero attached hydrogens (tertiary/aromatic N) is 1. The van der Waals surface area contributed by atoms with Crippen LogP contribution >= 0.6 is 0 Å². The van der Waals surface area contributed by atoms with Crippen molar-refractivity contribution in [2.45, 2.75) is 44.9 Å². The zero-order chi connectivity index (χ0) is 11.1. The summed E-state index contributed by atoms with van der Waals surface area (Å²) in [5.41, 5.74) is 0. The SMILES string of the molecule is N#CCCCCS(=O)(=O)CC1CCCC1. The van der Waals surface area contributed by atoms with E-state index in [1.54, 1.807) is 0 Å². The molecule has 1 rings (SSSR count). The predicted molar refractivity (Wildman–Crippen MR) is 60.1 cm³/mol. The highest BCUT2D eigenvalue weighted by Gasteiger charge is 2.21. The maximum atomic E-state index is 11.7. The summed E-state index contributed by atoms with van der Waals surface area (Å²) in [6.07, 6.45) is 6.36. The summed E-state index contributed by atoms with van der Waals surface area (Å²) in [5.74, 6) is 1.05. The van der Waals surface area contributed by atoms with Crippen molar-refractivity contribution in [1.29, 1.82) is 5.26 Å². The predicted octanol–water partition coefficient (Wildman–Crippen LogP) is 2.29. The molecule has 1 aliphatic carbocycles. The van der Waals surface area contributed by atoms with Gasteiger partial charge in [0.15, 0.2) is 9.84 Å². The Morgan fingerprint density at radius 3 is 2.47 bits per heavy atom. The van der Waals surface area contributed by atoms with Gasteiger partial charge in [0.2, 0.25) is 0 Å². The number of rotatable bonds is 6. The number of unbranched alkanes of at least 4 members (excludes halogenated alkanes) is 2. The molecular weight excluding hydrogens is 210 g/mol. The van der Waals surface area contributed by atoms with Gasteiger partial charge in [-0.2, -0.15) is 5.26 Å². The van der Waals surface area contributed by atoms with Crippen LogP contribution in [-0.4, -0.2) is 19.9 Å². The van der Waals surface area contributed by atoms with Gasteiger partial charge in [-0.1, -0.05) is 12.8 Å². The van der Waals surface area contributed by atoms with E-state index in [0.29, 0.717) is 30.9 Å². The van der Waals surface area contributed by atoms with E-state index < -0.39 is 9.84 Å². The van der Waals surface area contributed by atoms with Crippen LogP contribution in [-0.2, 0) is 9.84 Å². The van der Waals surface area contributed by atoms with E-state index in [9.17, 15) is 8.42 Å². The molecule has 0 radical (unpaired) electrons. The van der Waals surface area contributed by atoms with E-state index in [1.807, 2.05) is 6.07 Å². The molecule has 1 fully saturated rings. The Morgan fingerprint density at radius 2 is 1.87 bits per heavy atom. The van der Waals surface area contributed by atoms with Crippen molar-refractivity contribution in [3.8, 4) is 6.07 Å². The van der Waals surface area contributed by atoms with Gasteiger partial charge in [0.05, 0.1) is 17.6 Å². The van der Waals surface area contributed by atoms with Crippen molar-refractivity contribution in [1.82, 2.24) is 0 Å². The Labute approximate surface area is 92.4 Å². The molecule has 0 N–H and O–H groups in total. The number of nitriles is 1. The molecule has 0 unspecified atom stereocenters. The molecule has 0 atom stereocenters. The van der Waals surface area contributed by atoms with Crippen LogP contribution in [0.4, 0.5) is 0 Å². The summed E-state index contributed by atoms with van der Waals surface area (Å²) >= 11 is 0. The van der Waals surface area contributed by atoms with Crippen molar-refractivity contribution in [2.75, 3.05) is 11.5 Å². The minimum Gasteiger partial charge on any atom is -0.229 e. The Bertz CT molecular complexity index is 310. The minimum atomic E-state index is -2.85. The second-order valence-corrected chi connectivity index (χ2v) is 6.61. The van der Waals surface area contributed by atoms with E-state index in [1.165, 1.54) is 12.8 Å². The highest BCUT2D eigenvalue weighted by atomic mass is 32.2. The molecule has 0 heterocycles. The normalized spacial score (nSPS) is 17.8. The zero-order valence-electron chi connectivity index (χ0n) is 9.11. The van der Waals surface area contributed by atoms with Gasteiger partial charge < -0.3 is 0 Å². The molecule has 0 aliphatic heterocycles. The van der Waals surface area contributed by atoms with E-state index in [-0.39, 0.29) is 5.75 Å². The van der Waals surface area contributed by atoms with Gasteiger partial charge >= 0.3 is 0 Å². The minimum absolute atomic E-state index is 0.269. The molecular formula is C11H19NO2S. The maximum absolute atomic E-state index is 11.7. The first-order valence-corrected chi connectivity index (χ1v) is 7.53. The average Bonchev–Trinajstić information content (AvgIpc) is 2.64. The topological polar surface area (TPSA) is 57.9 Å². The Kier molecular flexibility index (Phi) is 5.10. The van der Waals surface area contributed by atoms with Gasteiger partial charge in [-0.15, -0.1) is 0 Å². The molecule has 4 heteroatoms. The first-order valence-electron chi connectivity index (χ1n) is 5.71. The molecule has 0 saturated heterocycles. The second-order valence-electron chi connectivity index (χ2n) is 4.38. The van der Waals surface area contributed by atoms with E-state index in [4.69, 9.17) is 5.26 Å². The lowest BCUT2D eigenvalue weighted by Gasteiger charge is -2.09. The third-order valence-corrected chi connectivity index (χ3v) is 4.85. The standard InChI is InChI=1S/C11H19NO2S/c12-8-4-1-5-9-15(13,14)10-11-6-2-3-7-11/h11H,1-7,9-10H2. The summed E-state index contributed by atoms with van der Waals surface area (Å²) in [6.45, 7) is 0. The Hall–Kier alpha value is -0.560. The molecule has 0 bridgehead atoms. The van der Waals surface area contributed by atoms with Gasteiger partial charge in [0, 0.05) is 6.42 Å². The quantitative estimate of drug-likeness (QED) is 0.656. The third kappa shape index (κ3) is 5.17. The summed E-state index contributed by atoms with van der Waals surface area (Å²) in [5, 5.41) is 8.33. The lowest BCUT2D eigenvalue weighted by atomic mass is 10.1. The smallest absolute Gasteiger partial charge is 0.150 e. The molecule has 0 spiro atoms. The average molecular weight is 229 g/mol. The van der Waals surface area contributed by atoms with Crippen LogP contribution in [0.15, 0.2) is 0 Å². The van der Waals surface area contributed by atoms with Crippen LogP contribution in [0.2, 0.25) is 0 Å². The number of hydrogen-bond acceptors (Lipinski definition) is 3. The first-order chi connectivity index (χ1) is 7.14. The molecule has 15 heavy (non-hydrogen) atoms. The molecule has 0 aromatic rings. The lowest BCUT2D eigenvalue weighted by molar-refractivity contribution is 0.556. The van der Waals surface area contributed by atoms with Crippen molar-refractivity contribution >= 4 is 9.84 Å². The number of sulfone groups is 1. The van der Waals surface area contributed by atoms with Crippen molar-refractivity contribution in [3.05, 3.63) is 0 Å². The van der Waals surface area contributed by atoms with Crippen LogP contribution in [0, 0.1) is 17.2 Å². The molecule has 86 valence electrons. The fourth-order valence-electron chi connectivity index (χ4n) is 2.15. The van der Waals surface area contributed by atoms with Crippen molar-refractivity contribution in [2.24, 2.45) is 5.92 Å². The fraction of sp³-hybridized carbons (Fsp3) is 0.909. The van der Waals surface area contributed by atoms with Gasteiger partial charge in [0.1, 0.15) is 0 Å². The zero-order valence-corrected chi connectivity index (χ0v) is 9.93. The Morgan fingerprint density at radius 1 is 1.20 bits per heavy atom. The fourth-order valence-corrected chi connectivity index (χ4v) is 4.01. The molecule has 0 aromatic heterocycles. The molecule has 1 aliphatic rings.